The Morgan fingerprint density at radius 1 is 1.06 bits per heavy atom. The lowest BCUT2D eigenvalue weighted by atomic mass is 10.1. The maximum Gasteiger partial charge on any atom is 0.265 e. The number of nitrogens with one attached hydrogen (secondary N) is 2. The van der Waals surface area contributed by atoms with Crippen LogP contribution in [0.1, 0.15) is 23.0 Å². The van der Waals surface area contributed by atoms with Crippen molar-refractivity contribution in [2.45, 2.75) is 19.6 Å². The number of hydrogen-bond donors (Lipinski definition) is 2. The Bertz CT molecular complexity index is 1210. The van der Waals surface area contributed by atoms with Crippen LogP contribution >= 0.6 is 0 Å². The van der Waals surface area contributed by atoms with Crippen molar-refractivity contribution in [1.29, 1.82) is 0 Å². The summed E-state index contributed by atoms with van der Waals surface area (Å²) in [6.45, 7) is 1.80. The van der Waals surface area contributed by atoms with Gasteiger partial charge in [0.05, 0.1) is 36.0 Å². The van der Waals surface area contributed by atoms with Crippen LogP contribution in [0.2, 0.25) is 0 Å². The van der Waals surface area contributed by atoms with E-state index in [0.717, 1.165) is 10.6 Å². The van der Waals surface area contributed by atoms with Gasteiger partial charge in [-0.3, -0.25) is 13.9 Å². The standard InChI is InChI=1S/C23H25N3O6S/c1-16(32-18-12-10-17(11-13-18)26(2)33(3,29)30)22(27)25-21-9-5-4-8-20(21)23(28)24-15-19-7-6-14-31-19/h4-14,16H,15H2,1-3H3,(H,24,28)(H,25,27)/t16-/m0/s1. The maximum absolute atomic E-state index is 12.7. The fourth-order valence-electron chi connectivity index (χ4n) is 2.88. The van der Waals surface area contributed by atoms with E-state index in [1.807, 2.05) is 0 Å². The molecule has 174 valence electrons. The summed E-state index contributed by atoms with van der Waals surface area (Å²) in [6, 6.07) is 16.5. The predicted octanol–water partition coefficient (Wildman–Crippen LogP) is 3.01. The fourth-order valence-corrected chi connectivity index (χ4v) is 3.39. The Hall–Kier alpha value is -3.79. The summed E-state index contributed by atoms with van der Waals surface area (Å²) in [4.78, 5) is 25.3. The minimum absolute atomic E-state index is 0.220. The lowest BCUT2D eigenvalue weighted by molar-refractivity contribution is -0.122. The van der Waals surface area contributed by atoms with Crippen molar-refractivity contribution < 1.29 is 27.2 Å². The molecule has 10 heteroatoms. The van der Waals surface area contributed by atoms with Crippen LogP contribution in [0.15, 0.2) is 71.3 Å². The highest BCUT2D eigenvalue weighted by molar-refractivity contribution is 7.92. The zero-order chi connectivity index (χ0) is 24.0. The van der Waals surface area contributed by atoms with Crippen LogP contribution in [0, 0.1) is 0 Å². The smallest absolute Gasteiger partial charge is 0.265 e. The SMILES string of the molecule is C[C@H](Oc1ccc(N(C)S(C)(=O)=O)cc1)C(=O)Nc1ccccc1C(=O)NCc1ccco1. The van der Waals surface area contributed by atoms with Crippen molar-refractivity contribution in [2.24, 2.45) is 0 Å². The molecule has 0 spiro atoms. The summed E-state index contributed by atoms with van der Waals surface area (Å²) in [5.41, 5.74) is 1.12. The number of carbonyl (C=O) groups is 2. The molecule has 2 amide bonds. The molecule has 0 saturated heterocycles. The summed E-state index contributed by atoms with van der Waals surface area (Å²) in [5.74, 6) is 0.202. The van der Waals surface area contributed by atoms with Gasteiger partial charge in [-0.15, -0.1) is 0 Å². The number of anilines is 2. The fraction of sp³-hybridized carbons (Fsp3) is 0.217. The van der Waals surface area contributed by atoms with Gasteiger partial charge < -0.3 is 19.8 Å². The second-order valence-corrected chi connectivity index (χ2v) is 9.30. The molecular formula is C23H25N3O6S. The molecule has 0 bridgehead atoms. The van der Waals surface area contributed by atoms with Gasteiger partial charge in [0.25, 0.3) is 11.8 Å². The summed E-state index contributed by atoms with van der Waals surface area (Å²) in [6.07, 6.45) is 1.76. The number of furan rings is 1. The van der Waals surface area contributed by atoms with Gasteiger partial charge in [-0.2, -0.15) is 0 Å². The van der Waals surface area contributed by atoms with Crippen molar-refractivity contribution in [2.75, 3.05) is 22.9 Å². The number of sulfonamides is 1. The number of carbonyl (C=O) groups excluding carboxylic acids is 2. The minimum atomic E-state index is -3.38. The van der Waals surface area contributed by atoms with Gasteiger partial charge in [0.1, 0.15) is 11.5 Å². The van der Waals surface area contributed by atoms with E-state index in [1.54, 1.807) is 67.6 Å². The van der Waals surface area contributed by atoms with Crippen LogP contribution in [-0.4, -0.2) is 39.6 Å². The molecule has 3 rings (SSSR count). The highest BCUT2D eigenvalue weighted by atomic mass is 32.2. The summed E-state index contributed by atoms with van der Waals surface area (Å²) < 4.78 is 35.3. The zero-order valence-electron chi connectivity index (χ0n) is 18.4. The normalized spacial score (nSPS) is 12.0. The van der Waals surface area contributed by atoms with Gasteiger partial charge in [-0.25, -0.2) is 8.42 Å². The molecule has 1 aromatic heterocycles. The third-order valence-electron chi connectivity index (χ3n) is 4.81. The van der Waals surface area contributed by atoms with Gasteiger partial charge in [0.15, 0.2) is 6.10 Å². The molecule has 0 unspecified atom stereocenters. The summed E-state index contributed by atoms with van der Waals surface area (Å²) in [5, 5.41) is 5.47. The molecule has 1 heterocycles. The predicted molar refractivity (Wildman–Crippen MR) is 125 cm³/mol. The van der Waals surface area contributed by atoms with E-state index >= 15 is 0 Å². The van der Waals surface area contributed by atoms with Crippen LogP contribution in [0.4, 0.5) is 11.4 Å². The van der Waals surface area contributed by atoms with E-state index < -0.39 is 22.0 Å². The molecule has 0 fully saturated rings. The van der Waals surface area contributed by atoms with Gasteiger partial charge in [0, 0.05) is 7.05 Å². The first-order valence-electron chi connectivity index (χ1n) is 10.1. The number of para-hydroxylation sites is 1. The Morgan fingerprint density at radius 2 is 1.76 bits per heavy atom. The molecule has 0 aliphatic rings. The Labute approximate surface area is 192 Å². The van der Waals surface area contributed by atoms with Crippen molar-refractivity contribution in [1.82, 2.24) is 5.32 Å². The third kappa shape index (κ3) is 6.36. The van der Waals surface area contributed by atoms with Crippen LogP contribution in [0.25, 0.3) is 0 Å². The van der Waals surface area contributed by atoms with E-state index in [0.29, 0.717) is 28.4 Å². The highest BCUT2D eigenvalue weighted by Gasteiger charge is 2.19. The molecule has 1 atom stereocenters. The molecule has 0 aliphatic carbocycles. The van der Waals surface area contributed by atoms with E-state index in [4.69, 9.17) is 9.15 Å². The average Bonchev–Trinajstić information content (AvgIpc) is 3.31. The summed E-state index contributed by atoms with van der Waals surface area (Å²) >= 11 is 0. The van der Waals surface area contributed by atoms with Gasteiger partial charge >= 0.3 is 0 Å². The lowest BCUT2D eigenvalue weighted by Crippen LogP contribution is -2.31. The van der Waals surface area contributed by atoms with E-state index in [-0.39, 0.29) is 12.5 Å². The second kappa shape index (κ2) is 10.2. The van der Waals surface area contributed by atoms with Gasteiger partial charge in [-0.05, 0) is 55.5 Å². The second-order valence-electron chi connectivity index (χ2n) is 7.28. The van der Waals surface area contributed by atoms with E-state index in [2.05, 4.69) is 10.6 Å². The van der Waals surface area contributed by atoms with Crippen molar-refractivity contribution in [3.8, 4) is 5.75 Å². The van der Waals surface area contributed by atoms with Crippen LogP contribution in [0.3, 0.4) is 0 Å². The Kier molecular flexibility index (Phi) is 7.39. The first kappa shape index (κ1) is 23.9. The number of ether oxygens (including phenoxy) is 1. The number of nitrogens with zero attached hydrogens (tertiary/aromatic N) is 1. The number of benzene rings is 2. The van der Waals surface area contributed by atoms with Crippen molar-refractivity contribution in [3.05, 3.63) is 78.3 Å². The van der Waals surface area contributed by atoms with Crippen LogP contribution in [0.5, 0.6) is 5.75 Å². The van der Waals surface area contributed by atoms with Crippen molar-refractivity contribution in [3.63, 3.8) is 0 Å². The summed E-state index contributed by atoms with van der Waals surface area (Å²) in [7, 11) is -1.93. The quantitative estimate of drug-likeness (QED) is 0.495. The molecular weight excluding hydrogens is 446 g/mol. The van der Waals surface area contributed by atoms with Crippen LogP contribution < -0.4 is 19.7 Å². The topological polar surface area (TPSA) is 118 Å². The van der Waals surface area contributed by atoms with E-state index in [9.17, 15) is 18.0 Å². The van der Waals surface area contributed by atoms with Crippen LogP contribution in [-0.2, 0) is 21.4 Å². The lowest BCUT2D eigenvalue weighted by Gasteiger charge is -2.18. The Morgan fingerprint density at radius 3 is 2.39 bits per heavy atom. The third-order valence-corrected chi connectivity index (χ3v) is 6.02. The molecule has 0 saturated carbocycles. The highest BCUT2D eigenvalue weighted by Crippen LogP contribution is 2.22. The van der Waals surface area contributed by atoms with Gasteiger partial charge in [-0.1, -0.05) is 12.1 Å². The number of hydrogen-bond acceptors (Lipinski definition) is 6. The zero-order valence-corrected chi connectivity index (χ0v) is 19.3. The monoisotopic (exact) mass is 471 g/mol. The van der Waals surface area contributed by atoms with Gasteiger partial charge in [0.2, 0.25) is 10.0 Å². The average molecular weight is 472 g/mol. The number of rotatable bonds is 9. The molecule has 33 heavy (non-hydrogen) atoms. The molecule has 3 aromatic rings. The number of amides is 2. The Balaban J connectivity index is 1.62. The molecule has 9 nitrogen and oxygen atoms in total. The molecule has 2 N–H and O–H groups in total. The first-order chi connectivity index (χ1) is 15.6. The molecule has 2 aromatic carbocycles. The molecule has 0 aliphatic heterocycles. The minimum Gasteiger partial charge on any atom is -0.481 e. The maximum atomic E-state index is 12.7. The van der Waals surface area contributed by atoms with E-state index in [1.165, 1.54) is 13.3 Å². The molecule has 0 radical (unpaired) electrons. The largest absolute Gasteiger partial charge is 0.481 e. The van der Waals surface area contributed by atoms with Crippen molar-refractivity contribution >= 4 is 33.2 Å². The first-order valence-corrected chi connectivity index (χ1v) is 11.9.